The standard InChI is InChI=1S/C33H48N2O7/c1-31(2,3)41-26(37)16-22(30(38)42-32(4,5)6)34-21-10-9-20-23-14-18-8-11-24(36)28-27(18)33(20,29(21)40-28)12-13-35(23)17-19-15-25(19)39-7/h8,11,19-23,25,29,34,36H,9-10,12-17H2,1-7H3/t19?,20-,21-,22-,23+,25?,29-,33-/m0/s1. The van der Waals surface area contributed by atoms with Crippen molar-refractivity contribution in [3.05, 3.63) is 23.3 Å². The highest BCUT2D eigenvalue weighted by atomic mass is 16.6. The number of phenolic OH excluding ortho intramolecular Hbond substituents is 1. The normalized spacial score (nSPS) is 33.8. The highest BCUT2D eigenvalue weighted by Gasteiger charge is 2.66. The van der Waals surface area contributed by atoms with Gasteiger partial charge < -0.3 is 24.1 Å². The molecule has 5 aliphatic rings. The molecule has 9 nitrogen and oxygen atoms in total. The molecule has 2 unspecified atom stereocenters. The molecule has 1 aromatic carbocycles. The second-order valence-electron chi connectivity index (χ2n) is 15.1. The van der Waals surface area contributed by atoms with Crippen LogP contribution >= 0.6 is 0 Å². The van der Waals surface area contributed by atoms with Crippen molar-refractivity contribution in [2.45, 2.75) is 127 Å². The van der Waals surface area contributed by atoms with Crippen molar-refractivity contribution < 1.29 is 33.6 Å². The number of benzene rings is 1. The van der Waals surface area contributed by atoms with Gasteiger partial charge in [0.2, 0.25) is 0 Å². The molecule has 0 radical (unpaired) electrons. The van der Waals surface area contributed by atoms with Crippen LogP contribution in [0.1, 0.15) is 84.8 Å². The van der Waals surface area contributed by atoms with Gasteiger partial charge >= 0.3 is 11.9 Å². The molecule has 2 N–H and O–H groups in total. The van der Waals surface area contributed by atoms with Gasteiger partial charge in [0.05, 0.1) is 12.5 Å². The summed E-state index contributed by atoms with van der Waals surface area (Å²) < 4.78 is 23.7. The number of aromatic hydroxyl groups is 1. The summed E-state index contributed by atoms with van der Waals surface area (Å²) in [5.41, 5.74) is 0.809. The lowest BCUT2D eigenvalue weighted by Crippen LogP contribution is -2.69. The number of piperidine rings is 1. The van der Waals surface area contributed by atoms with Gasteiger partial charge in [0.1, 0.15) is 23.3 Å². The molecule has 6 rings (SSSR count). The maximum atomic E-state index is 13.5. The fraction of sp³-hybridized carbons (Fsp3) is 0.758. The highest BCUT2D eigenvalue weighted by molar-refractivity contribution is 5.83. The SMILES string of the molecule is COC1CC1CN1CC[C@]23c4c5ccc(O)c4O[C@H]2[C@@H](N[C@@H](CC(=O)OC(C)(C)C)C(=O)OC(C)(C)C)CC[C@H]3[C@H]1C5. The van der Waals surface area contributed by atoms with Gasteiger partial charge in [-0.3, -0.25) is 19.8 Å². The maximum Gasteiger partial charge on any atom is 0.324 e. The summed E-state index contributed by atoms with van der Waals surface area (Å²) in [7, 11) is 1.81. The summed E-state index contributed by atoms with van der Waals surface area (Å²) in [6.07, 6.45) is 4.75. The smallest absolute Gasteiger partial charge is 0.324 e. The van der Waals surface area contributed by atoms with Gasteiger partial charge in [-0.2, -0.15) is 0 Å². The molecule has 2 saturated carbocycles. The summed E-state index contributed by atoms with van der Waals surface area (Å²) in [5.74, 6) is 0.835. The Bertz CT molecular complexity index is 1240. The molecular formula is C33H48N2O7. The molecule has 1 saturated heterocycles. The van der Waals surface area contributed by atoms with E-state index >= 15 is 0 Å². The number of carbonyl (C=O) groups excluding carboxylic acids is 2. The number of likely N-dealkylation sites (tertiary alicyclic amines) is 1. The van der Waals surface area contributed by atoms with Crippen molar-refractivity contribution in [2.24, 2.45) is 11.8 Å². The van der Waals surface area contributed by atoms with Gasteiger partial charge in [0.25, 0.3) is 0 Å². The van der Waals surface area contributed by atoms with E-state index in [-0.39, 0.29) is 29.7 Å². The number of phenols is 1. The van der Waals surface area contributed by atoms with Gasteiger partial charge in [-0.15, -0.1) is 0 Å². The number of esters is 2. The number of carbonyl (C=O) groups is 2. The molecule has 42 heavy (non-hydrogen) atoms. The zero-order valence-corrected chi connectivity index (χ0v) is 26.2. The van der Waals surface area contributed by atoms with Crippen molar-refractivity contribution in [3.63, 3.8) is 0 Å². The zero-order chi connectivity index (χ0) is 30.2. The van der Waals surface area contributed by atoms with E-state index in [1.54, 1.807) is 6.07 Å². The van der Waals surface area contributed by atoms with Crippen LogP contribution in [0.3, 0.4) is 0 Å². The Morgan fingerprint density at radius 3 is 2.55 bits per heavy atom. The van der Waals surface area contributed by atoms with Crippen molar-refractivity contribution >= 4 is 11.9 Å². The van der Waals surface area contributed by atoms with E-state index in [4.69, 9.17) is 18.9 Å². The maximum absolute atomic E-state index is 13.5. The van der Waals surface area contributed by atoms with Crippen LogP contribution in [0.5, 0.6) is 11.5 Å². The fourth-order valence-corrected chi connectivity index (χ4v) is 8.42. The van der Waals surface area contributed by atoms with Gasteiger partial charge in [-0.05, 0) is 97.7 Å². The Balaban J connectivity index is 1.29. The Kier molecular flexibility index (Phi) is 7.34. The third-order valence-corrected chi connectivity index (χ3v) is 9.96. The van der Waals surface area contributed by atoms with Crippen LogP contribution in [0.15, 0.2) is 12.1 Å². The summed E-state index contributed by atoms with van der Waals surface area (Å²) in [5, 5.41) is 14.5. The van der Waals surface area contributed by atoms with Crippen LogP contribution in [-0.2, 0) is 35.6 Å². The molecule has 0 amide bonds. The second kappa shape index (κ2) is 10.4. The quantitative estimate of drug-likeness (QED) is 0.441. The van der Waals surface area contributed by atoms with E-state index in [0.29, 0.717) is 29.7 Å². The van der Waals surface area contributed by atoms with Crippen molar-refractivity contribution in [2.75, 3.05) is 20.2 Å². The Morgan fingerprint density at radius 2 is 1.88 bits per heavy atom. The average Bonchev–Trinajstić information content (AvgIpc) is 3.54. The average molecular weight is 585 g/mol. The first-order valence-corrected chi connectivity index (χ1v) is 15.7. The van der Waals surface area contributed by atoms with Crippen molar-refractivity contribution in [1.29, 1.82) is 0 Å². The van der Waals surface area contributed by atoms with Crippen LogP contribution in [0.2, 0.25) is 0 Å². The number of ether oxygens (including phenoxy) is 4. The molecule has 2 aliphatic heterocycles. The van der Waals surface area contributed by atoms with E-state index < -0.39 is 29.2 Å². The molecule has 0 aromatic heterocycles. The molecule has 3 aliphatic carbocycles. The number of nitrogens with one attached hydrogen (secondary N) is 1. The third kappa shape index (κ3) is 5.30. The van der Waals surface area contributed by atoms with Crippen LogP contribution in [-0.4, -0.2) is 83.7 Å². The number of nitrogens with zero attached hydrogens (tertiary/aromatic N) is 1. The van der Waals surface area contributed by atoms with E-state index in [0.717, 1.165) is 45.2 Å². The number of hydrogen-bond donors (Lipinski definition) is 2. The minimum Gasteiger partial charge on any atom is -0.504 e. The lowest BCUT2D eigenvalue weighted by molar-refractivity contribution is -0.165. The highest BCUT2D eigenvalue weighted by Crippen LogP contribution is 2.64. The number of rotatable bonds is 8. The predicted octanol–water partition coefficient (Wildman–Crippen LogP) is 3.87. The molecule has 1 spiro atoms. The molecule has 2 heterocycles. The predicted molar refractivity (Wildman–Crippen MR) is 157 cm³/mol. The van der Waals surface area contributed by atoms with Crippen LogP contribution in [0, 0.1) is 11.8 Å². The van der Waals surface area contributed by atoms with Crippen LogP contribution in [0.4, 0.5) is 0 Å². The topological polar surface area (TPSA) is 107 Å². The van der Waals surface area contributed by atoms with Gasteiger partial charge in [0, 0.05) is 42.6 Å². The molecule has 3 fully saturated rings. The van der Waals surface area contributed by atoms with Crippen LogP contribution < -0.4 is 10.1 Å². The minimum absolute atomic E-state index is 0.131. The molecule has 2 bridgehead atoms. The monoisotopic (exact) mass is 584 g/mol. The first-order chi connectivity index (χ1) is 19.7. The van der Waals surface area contributed by atoms with Crippen molar-refractivity contribution in [3.8, 4) is 11.5 Å². The van der Waals surface area contributed by atoms with Gasteiger partial charge in [-0.1, -0.05) is 6.07 Å². The summed E-state index contributed by atoms with van der Waals surface area (Å²) in [6.45, 7) is 13.0. The first-order valence-electron chi connectivity index (χ1n) is 15.7. The summed E-state index contributed by atoms with van der Waals surface area (Å²) in [4.78, 5) is 29.1. The van der Waals surface area contributed by atoms with Crippen molar-refractivity contribution in [1.82, 2.24) is 10.2 Å². The Morgan fingerprint density at radius 1 is 1.14 bits per heavy atom. The molecule has 1 aromatic rings. The first kappa shape index (κ1) is 29.7. The van der Waals surface area contributed by atoms with E-state index in [2.05, 4.69) is 16.3 Å². The minimum atomic E-state index is -0.877. The summed E-state index contributed by atoms with van der Waals surface area (Å²) in [6, 6.07) is 3.16. The van der Waals surface area contributed by atoms with E-state index in [1.165, 1.54) is 11.1 Å². The van der Waals surface area contributed by atoms with Gasteiger partial charge in [0.15, 0.2) is 11.5 Å². The lowest BCUT2D eigenvalue weighted by atomic mass is 9.51. The molecule has 232 valence electrons. The molecule has 9 heteroatoms. The Labute approximate surface area is 249 Å². The third-order valence-electron chi connectivity index (χ3n) is 9.96. The van der Waals surface area contributed by atoms with E-state index in [1.807, 2.05) is 48.7 Å². The second-order valence-corrected chi connectivity index (χ2v) is 15.1. The van der Waals surface area contributed by atoms with Gasteiger partial charge in [-0.25, -0.2) is 0 Å². The summed E-state index contributed by atoms with van der Waals surface area (Å²) >= 11 is 0. The number of hydrogen-bond acceptors (Lipinski definition) is 9. The molecule has 8 atom stereocenters. The lowest BCUT2D eigenvalue weighted by Gasteiger charge is -2.60. The van der Waals surface area contributed by atoms with E-state index in [9.17, 15) is 14.7 Å². The zero-order valence-electron chi connectivity index (χ0n) is 26.2. The number of methoxy groups -OCH3 is 1. The molecular weight excluding hydrogens is 536 g/mol. The van der Waals surface area contributed by atoms with Crippen LogP contribution in [0.25, 0.3) is 0 Å². The Hall–Kier alpha value is -2.36. The fourth-order valence-electron chi connectivity index (χ4n) is 8.42. The largest absolute Gasteiger partial charge is 0.504 e.